The third-order valence-electron chi connectivity index (χ3n) is 3.23. The average molecular weight is 288 g/mol. The van der Waals surface area contributed by atoms with Gasteiger partial charge in [-0.25, -0.2) is 0 Å². The zero-order valence-corrected chi connectivity index (χ0v) is 11.1. The zero-order valence-electron chi connectivity index (χ0n) is 9.53. The van der Waals surface area contributed by atoms with E-state index in [4.69, 9.17) is 4.42 Å². The predicted molar refractivity (Wildman–Crippen MR) is 66.1 cm³/mol. The standard InChI is InChI=1S/C12H18BrNO2/c1-9(15)10-3-2-6-14(7-10)8-11-4-5-12(13)16-11/h4-5,9-10,15H,2-3,6-8H2,1H3/t9-,10+/m1/s1. The summed E-state index contributed by atoms with van der Waals surface area (Å²) in [5, 5.41) is 9.61. The van der Waals surface area contributed by atoms with E-state index < -0.39 is 0 Å². The van der Waals surface area contributed by atoms with Gasteiger partial charge in [-0.15, -0.1) is 0 Å². The van der Waals surface area contributed by atoms with Crippen molar-refractivity contribution < 1.29 is 9.52 Å². The molecule has 0 saturated carbocycles. The molecule has 0 amide bonds. The van der Waals surface area contributed by atoms with Gasteiger partial charge in [-0.1, -0.05) is 0 Å². The molecule has 90 valence electrons. The first-order valence-corrected chi connectivity index (χ1v) is 6.59. The van der Waals surface area contributed by atoms with Gasteiger partial charge in [0, 0.05) is 6.54 Å². The fourth-order valence-electron chi connectivity index (χ4n) is 2.29. The smallest absolute Gasteiger partial charge is 0.169 e. The summed E-state index contributed by atoms with van der Waals surface area (Å²) < 4.78 is 6.28. The Hall–Kier alpha value is -0.320. The monoisotopic (exact) mass is 287 g/mol. The van der Waals surface area contributed by atoms with Crippen LogP contribution in [-0.2, 0) is 6.54 Å². The number of halogens is 1. The van der Waals surface area contributed by atoms with Crippen molar-refractivity contribution in [3.05, 3.63) is 22.6 Å². The quantitative estimate of drug-likeness (QED) is 0.929. The number of aliphatic hydroxyl groups is 1. The number of piperidine rings is 1. The molecule has 1 aromatic heterocycles. The molecule has 1 aliphatic rings. The molecule has 0 unspecified atom stereocenters. The maximum absolute atomic E-state index is 9.61. The second-order valence-electron chi connectivity index (χ2n) is 4.58. The minimum absolute atomic E-state index is 0.203. The van der Waals surface area contributed by atoms with Gasteiger partial charge >= 0.3 is 0 Å². The second kappa shape index (κ2) is 5.34. The van der Waals surface area contributed by atoms with Crippen LogP contribution in [0.15, 0.2) is 21.2 Å². The van der Waals surface area contributed by atoms with Gasteiger partial charge in [-0.05, 0) is 60.3 Å². The molecule has 4 heteroatoms. The number of aliphatic hydroxyl groups excluding tert-OH is 1. The Balaban J connectivity index is 1.90. The highest BCUT2D eigenvalue weighted by Gasteiger charge is 2.23. The van der Waals surface area contributed by atoms with Gasteiger partial charge in [-0.3, -0.25) is 4.90 Å². The molecule has 3 nitrogen and oxygen atoms in total. The molecule has 1 saturated heterocycles. The summed E-state index contributed by atoms with van der Waals surface area (Å²) in [6, 6.07) is 3.92. The van der Waals surface area contributed by atoms with Crippen molar-refractivity contribution >= 4 is 15.9 Å². The van der Waals surface area contributed by atoms with E-state index in [2.05, 4.69) is 20.8 Å². The molecule has 1 N–H and O–H groups in total. The Morgan fingerprint density at radius 3 is 3.06 bits per heavy atom. The van der Waals surface area contributed by atoms with E-state index in [0.29, 0.717) is 5.92 Å². The van der Waals surface area contributed by atoms with Crippen molar-refractivity contribution in [1.29, 1.82) is 0 Å². The Bertz CT molecular complexity index is 338. The van der Waals surface area contributed by atoms with Gasteiger partial charge in [0.1, 0.15) is 5.76 Å². The molecule has 0 aliphatic carbocycles. The molecular weight excluding hydrogens is 270 g/mol. The van der Waals surface area contributed by atoms with E-state index in [9.17, 15) is 5.11 Å². The highest BCUT2D eigenvalue weighted by atomic mass is 79.9. The fraction of sp³-hybridized carbons (Fsp3) is 0.667. The van der Waals surface area contributed by atoms with Crippen LogP contribution in [-0.4, -0.2) is 29.2 Å². The highest BCUT2D eigenvalue weighted by molar-refractivity contribution is 9.10. The largest absolute Gasteiger partial charge is 0.453 e. The van der Waals surface area contributed by atoms with Crippen LogP contribution in [0.2, 0.25) is 0 Å². The summed E-state index contributed by atoms with van der Waals surface area (Å²) in [6.07, 6.45) is 2.10. The van der Waals surface area contributed by atoms with Crippen molar-refractivity contribution in [1.82, 2.24) is 4.90 Å². The SMILES string of the molecule is C[C@@H](O)[C@H]1CCCN(Cc2ccc(Br)o2)C1. The molecule has 0 spiro atoms. The van der Waals surface area contributed by atoms with Gasteiger partial charge in [0.15, 0.2) is 4.67 Å². The minimum Gasteiger partial charge on any atom is -0.453 e. The van der Waals surface area contributed by atoms with Gasteiger partial charge in [0.2, 0.25) is 0 Å². The van der Waals surface area contributed by atoms with Gasteiger partial charge in [-0.2, -0.15) is 0 Å². The van der Waals surface area contributed by atoms with Crippen LogP contribution in [0.5, 0.6) is 0 Å². The fourth-order valence-corrected chi connectivity index (χ4v) is 2.63. The van der Waals surface area contributed by atoms with Crippen LogP contribution in [0.3, 0.4) is 0 Å². The predicted octanol–water partition coefficient (Wildman–Crippen LogP) is 2.63. The Kier molecular flexibility index (Phi) is 4.05. The topological polar surface area (TPSA) is 36.6 Å². The van der Waals surface area contributed by atoms with Crippen LogP contribution < -0.4 is 0 Å². The van der Waals surface area contributed by atoms with Gasteiger partial charge in [0.25, 0.3) is 0 Å². The molecule has 0 radical (unpaired) electrons. The first-order valence-electron chi connectivity index (χ1n) is 5.80. The normalized spacial score (nSPS) is 24.6. The first kappa shape index (κ1) is 12.1. The number of hydrogen-bond donors (Lipinski definition) is 1. The molecule has 0 bridgehead atoms. The zero-order chi connectivity index (χ0) is 11.5. The number of rotatable bonds is 3. The summed E-state index contributed by atoms with van der Waals surface area (Å²) >= 11 is 3.31. The van der Waals surface area contributed by atoms with Crippen molar-refractivity contribution in [2.24, 2.45) is 5.92 Å². The maximum atomic E-state index is 9.61. The molecule has 1 aliphatic heterocycles. The van der Waals surface area contributed by atoms with Crippen molar-refractivity contribution in [2.75, 3.05) is 13.1 Å². The van der Waals surface area contributed by atoms with Crippen LogP contribution in [0, 0.1) is 5.92 Å². The van der Waals surface area contributed by atoms with Crippen LogP contribution in [0.1, 0.15) is 25.5 Å². The molecule has 2 atom stereocenters. The Morgan fingerprint density at radius 1 is 1.62 bits per heavy atom. The van der Waals surface area contributed by atoms with E-state index in [1.807, 2.05) is 19.1 Å². The van der Waals surface area contributed by atoms with Crippen molar-refractivity contribution in [3.63, 3.8) is 0 Å². The van der Waals surface area contributed by atoms with Crippen LogP contribution in [0.25, 0.3) is 0 Å². The lowest BCUT2D eigenvalue weighted by Crippen LogP contribution is -2.38. The summed E-state index contributed by atoms with van der Waals surface area (Å²) in [5.41, 5.74) is 0. The lowest BCUT2D eigenvalue weighted by molar-refractivity contribution is 0.0571. The lowest BCUT2D eigenvalue weighted by atomic mass is 9.93. The number of likely N-dealkylation sites (tertiary alicyclic amines) is 1. The Morgan fingerprint density at radius 2 is 2.44 bits per heavy atom. The van der Waals surface area contributed by atoms with Gasteiger partial charge in [0.05, 0.1) is 12.6 Å². The van der Waals surface area contributed by atoms with E-state index in [-0.39, 0.29) is 6.10 Å². The number of hydrogen-bond acceptors (Lipinski definition) is 3. The third kappa shape index (κ3) is 3.09. The molecular formula is C12H18BrNO2. The van der Waals surface area contributed by atoms with E-state index >= 15 is 0 Å². The average Bonchev–Trinajstić information content (AvgIpc) is 2.64. The van der Waals surface area contributed by atoms with E-state index in [1.165, 1.54) is 0 Å². The summed E-state index contributed by atoms with van der Waals surface area (Å²) in [6.45, 7) is 4.80. The van der Waals surface area contributed by atoms with Crippen molar-refractivity contribution in [2.45, 2.75) is 32.4 Å². The van der Waals surface area contributed by atoms with E-state index in [0.717, 1.165) is 42.9 Å². The lowest BCUT2D eigenvalue weighted by Gasteiger charge is -2.33. The first-order chi connectivity index (χ1) is 7.65. The molecule has 0 aromatic carbocycles. The Labute approximate surface area is 105 Å². The van der Waals surface area contributed by atoms with Crippen LogP contribution >= 0.6 is 15.9 Å². The summed E-state index contributed by atoms with van der Waals surface area (Å²) in [7, 11) is 0. The van der Waals surface area contributed by atoms with Gasteiger partial charge < -0.3 is 9.52 Å². The number of furan rings is 1. The van der Waals surface area contributed by atoms with Crippen molar-refractivity contribution in [3.8, 4) is 0 Å². The summed E-state index contributed by atoms with van der Waals surface area (Å²) in [5.74, 6) is 1.39. The molecule has 1 aromatic rings. The maximum Gasteiger partial charge on any atom is 0.169 e. The number of nitrogens with zero attached hydrogens (tertiary/aromatic N) is 1. The molecule has 2 heterocycles. The van der Waals surface area contributed by atoms with E-state index in [1.54, 1.807) is 0 Å². The third-order valence-corrected chi connectivity index (χ3v) is 3.66. The molecule has 1 fully saturated rings. The highest BCUT2D eigenvalue weighted by Crippen LogP contribution is 2.22. The second-order valence-corrected chi connectivity index (χ2v) is 5.37. The molecule has 2 rings (SSSR count). The van der Waals surface area contributed by atoms with Crippen LogP contribution in [0.4, 0.5) is 0 Å². The minimum atomic E-state index is -0.203. The molecule has 16 heavy (non-hydrogen) atoms. The summed E-state index contributed by atoms with van der Waals surface area (Å²) in [4.78, 5) is 2.35.